The summed E-state index contributed by atoms with van der Waals surface area (Å²) in [7, 11) is 0. The van der Waals surface area contributed by atoms with E-state index < -0.39 is 0 Å². The molecule has 1 aliphatic heterocycles. The van der Waals surface area contributed by atoms with Crippen molar-refractivity contribution >= 4 is 5.91 Å². The van der Waals surface area contributed by atoms with Crippen LogP contribution in [0.2, 0.25) is 0 Å². The molecule has 3 heteroatoms. The largest absolute Gasteiger partial charge is 0.356 e. The quantitative estimate of drug-likeness (QED) is 0.631. The SMILES string of the molecule is CCC1(C(=O)NCCCCCCC(C)C)CCNC1. The van der Waals surface area contributed by atoms with Crippen LogP contribution in [0.1, 0.15) is 65.7 Å². The van der Waals surface area contributed by atoms with Crippen molar-refractivity contribution in [1.29, 1.82) is 0 Å². The molecule has 1 amide bonds. The van der Waals surface area contributed by atoms with Gasteiger partial charge in [0.1, 0.15) is 0 Å². The minimum atomic E-state index is -0.127. The summed E-state index contributed by atoms with van der Waals surface area (Å²) in [4.78, 5) is 12.2. The van der Waals surface area contributed by atoms with E-state index in [0.717, 1.165) is 44.8 Å². The lowest BCUT2D eigenvalue weighted by Crippen LogP contribution is -2.42. The first-order valence-electron chi connectivity index (χ1n) is 8.10. The van der Waals surface area contributed by atoms with Crippen LogP contribution in [-0.2, 0) is 4.79 Å². The number of carbonyl (C=O) groups excluding carboxylic acids is 1. The Hall–Kier alpha value is -0.570. The zero-order valence-electron chi connectivity index (χ0n) is 13.1. The summed E-state index contributed by atoms with van der Waals surface area (Å²) < 4.78 is 0. The topological polar surface area (TPSA) is 41.1 Å². The minimum Gasteiger partial charge on any atom is -0.356 e. The van der Waals surface area contributed by atoms with Crippen LogP contribution in [0.15, 0.2) is 0 Å². The maximum absolute atomic E-state index is 12.2. The lowest BCUT2D eigenvalue weighted by molar-refractivity contribution is -0.130. The number of rotatable bonds is 9. The Morgan fingerprint density at radius 3 is 2.58 bits per heavy atom. The van der Waals surface area contributed by atoms with Gasteiger partial charge in [-0.15, -0.1) is 0 Å². The third-order valence-corrected chi connectivity index (χ3v) is 4.40. The van der Waals surface area contributed by atoms with Crippen LogP contribution in [0.5, 0.6) is 0 Å². The predicted molar refractivity (Wildman–Crippen MR) is 81.1 cm³/mol. The molecule has 0 aromatic carbocycles. The highest BCUT2D eigenvalue weighted by Gasteiger charge is 2.38. The van der Waals surface area contributed by atoms with Gasteiger partial charge in [-0.05, 0) is 31.7 Å². The standard InChI is InChI=1S/C16H32N2O/c1-4-16(10-12-17-13-16)15(19)18-11-8-6-5-7-9-14(2)3/h14,17H,4-13H2,1-3H3,(H,18,19). The van der Waals surface area contributed by atoms with Gasteiger partial charge in [0.15, 0.2) is 0 Å². The smallest absolute Gasteiger partial charge is 0.227 e. The Morgan fingerprint density at radius 2 is 2.00 bits per heavy atom. The summed E-state index contributed by atoms with van der Waals surface area (Å²) in [6.45, 7) is 9.36. The Kier molecular flexibility index (Phi) is 7.44. The first-order chi connectivity index (χ1) is 9.10. The molecule has 2 N–H and O–H groups in total. The van der Waals surface area contributed by atoms with Crippen molar-refractivity contribution in [3.63, 3.8) is 0 Å². The number of hydrogen-bond acceptors (Lipinski definition) is 2. The molecular weight excluding hydrogens is 236 g/mol. The van der Waals surface area contributed by atoms with Crippen LogP contribution >= 0.6 is 0 Å². The van der Waals surface area contributed by atoms with E-state index in [1.807, 2.05) is 0 Å². The van der Waals surface area contributed by atoms with Crippen LogP contribution in [0.4, 0.5) is 0 Å². The lowest BCUT2D eigenvalue weighted by atomic mass is 9.83. The van der Waals surface area contributed by atoms with E-state index in [0.29, 0.717) is 0 Å². The number of unbranched alkanes of at least 4 members (excludes halogenated alkanes) is 3. The molecule has 1 rings (SSSR count). The maximum atomic E-state index is 12.2. The molecule has 19 heavy (non-hydrogen) atoms. The fourth-order valence-electron chi connectivity index (χ4n) is 2.82. The molecule has 1 fully saturated rings. The van der Waals surface area contributed by atoms with E-state index in [-0.39, 0.29) is 11.3 Å². The van der Waals surface area contributed by atoms with E-state index in [1.54, 1.807) is 0 Å². The van der Waals surface area contributed by atoms with Crippen LogP contribution in [0.25, 0.3) is 0 Å². The van der Waals surface area contributed by atoms with Crippen molar-refractivity contribution in [3.8, 4) is 0 Å². The van der Waals surface area contributed by atoms with Gasteiger partial charge in [-0.1, -0.05) is 46.5 Å². The first kappa shape index (κ1) is 16.5. The van der Waals surface area contributed by atoms with Gasteiger partial charge in [0, 0.05) is 13.1 Å². The predicted octanol–water partition coefficient (Wildman–Crippen LogP) is 3.10. The van der Waals surface area contributed by atoms with Crippen molar-refractivity contribution in [2.45, 2.75) is 65.7 Å². The molecule has 0 aliphatic carbocycles. The zero-order valence-corrected chi connectivity index (χ0v) is 13.1. The second kappa shape index (κ2) is 8.57. The van der Waals surface area contributed by atoms with E-state index in [4.69, 9.17) is 0 Å². The summed E-state index contributed by atoms with van der Waals surface area (Å²) in [5.41, 5.74) is -0.127. The summed E-state index contributed by atoms with van der Waals surface area (Å²) in [5, 5.41) is 6.45. The summed E-state index contributed by atoms with van der Waals surface area (Å²) in [6.07, 6.45) is 8.26. The number of carbonyl (C=O) groups is 1. The van der Waals surface area contributed by atoms with Crippen molar-refractivity contribution in [2.75, 3.05) is 19.6 Å². The molecule has 0 saturated carbocycles. The number of amides is 1. The maximum Gasteiger partial charge on any atom is 0.227 e. The minimum absolute atomic E-state index is 0.127. The highest BCUT2D eigenvalue weighted by atomic mass is 16.2. The van der Waals surface area contributed by atoms with E-state index >= 15 is 0 Å². The van der Waals surface area contributed by atoms with Gasteiger partial charge in [-0.25, -0.2) is 0 Å². The number of nitrogens with one attached hydrogen (secondary N) is 2. The van der Waals surface area contributed by atoms with Crippen LogP contribution in [0.3, 0.4) is 0 Å². The summed E-state index contributed by atoms with van der Waals surface area (Å²) in [6, 6.07) is 0. The van der Waals surface area contributed by atoms with Crippen molar-refractivity contribution in [2.24, 2.45) is 11.3 Å². The normalized spacial score (nSPS) is 22.9. The third kappa shape index (κ3) is 5.52. The lowest BCUT2D eigenvalue weighted by Gasteiger charge is -2.25. The Balaban J connectivity index is 2.07. The molecule has 0 aromatic heterocycles. The third-order valence-electron chi connectivity index (χ3n) is 4.40. The highest BCUT2D eigenvalue weighted by molar-refractivity contribution is 5.83. The Labute approximate surface area is 118 Å². The van der Waals surface area contributed by atoms with Gasteiger partial charge in [-0.2, -0.15) is 0 Å². The second-order valence-electron chi connectivity index (χ2n) is 6.41. The molecule has 0 aromatic rings. The van der Waals surface area contributed by atoms with Gasteiger partial charge in [0.25, 0.3) is 0 Å². The molecule has 1 heterocycles. The highest BCUT2D eigenvalue weighted by Crippen LogP contribution is 2.29. The average molecular weight is 268 g/mol. The average Bonchev–Trinajstić information content (AvgIpc) is 2.87. The monoisotopic (exact) mass is 268 g/mol. The Bertz CT molecular complexity index is 257. The fraction of sp³-hybridized carbons (Fsp3) is 0.938. The van der Waals surface area contributed by atoms with Gasteiger partial charge >= 0.3 is 0 Å². The van der Waals surface area contributed by atoms with E-state index in [9.17, 15) is 4.79 Å². The van der Waals surface area contributed by atoms with Crippen molar-refractivity contribution in [1.82, 2.24) is 10.6 Å². The number of hydrogen-bond donors (Lipinski definition) is 2. The molecule has 0 spiro atoms. The van der Waals surface area contributed by atoms with E-state index in [1.165, 1.54) is 25.7 Å². The second-order valence-corrected chi connectivity index (χ2v) is 6.41. The molecule has 1 atom stereocenters. The van der Waals surface area contributed by atoms with Crippen molar-refractivity contribution in [3.05, 3.63) is 0 Å². The van der Waals surface area contributed by atoms with Crippen molar-refractivity contribution < 1.29 is 4.79 Å². The van der Waals surface area contributed by atoms with Gasteiger partial charge in [0.05, 0.1) is 5.41 Å². The Morgan fingerprint density at radius 1 is 1.26 bits per heavy atom. The molecule has 112 valence electrons. The zero-order chi connectivity index (χ0) is 14.1. The molecule has 1 unspecified atom stereocenters. The van der Waals surface area contributed by atoms with Crippen LogP contribution in [0, 0.1) is 11.3 Å². The van der Waals surface area contributed by atoms with E-state index in [2.05, 4.69) is 31.4 Å². The van der Waals surface area contributed by atoms with Gasteiger partial charge < -0.3 is 10.6 Å². The van der Waals surface area contributed by atoms with Gasteiger partial charge in [-0.3, -0.25) is 4.79 Å². The molecule has 0 radical (unpaired) electrons. The fourth-order valence-corrected chi connectivity index (χ4v) is 2.82. The molecule has 3 nitrogen and oxygen atoms in total. The van der Waals surface area contributed by atoms with Crippen LogP contribution < -0.4 is 10.6 Å². The molecule has 1 saturated heterocycles. The molecule has 0 bridgehead atoms. The summed E-state index contributed by atoms with van der Waals surface area (Å²) in [5.74, 6) is 1.08. The molecular formula is C16H32N2O. The van der Waals surface area contributed by atoms with Gasteiger partial charge in [0.2, 0.25) is 5.91 Å². The molecule has 1 aliphatic rings. The first-order valence-corrected chi connectivity index (χ1v) is 8.10. The summed E-state index contributed by atoms with van der Waals surface area (Å²) >= 11 is 0. The van der Waals surface area contributed by atoms with Crippen LogP contribution in [-0.4, -0.2) is 25.5 Å².